The summed E-state index contributed by atoms with van der Waals surface area (Å²) in [5.74, 6) is 3.76. The van der Waals surface area contributed by atoms with Crippen LogP contribution in [0.4, 0.5) is 0 Å². The molecule has 0 radical (unpaired) electrons. The average molecular weight is 250 g/mol. The van der Waals surface area contributed by atoms with Crippen molar-refractivity contribution in [3.8, 4) is 6.07 Å². The van der Waals surface area contributed by atoms with E-state index in [-0.39, 0.29) is 0 Å². The van der Waals surface area contributed by atoms with Crippen molar-refractivity contribution in [1.82, 2.24) is 4.90 Å². The number of fused-ring (bicyclic) bond motifs is 5. The summed E-state index contributed by atoms with van der Waals surface area (Å²) in [4.78, 5) is 2.32. The minimum Gasteiger partial charge on any atom is -0.357 e. The number of thiocarbonyl (C=S) groups is 1. The highest BCUT2D eigenvalue weighted by atomic mass is 32.2. The monoisotopic (exact) mass is 250 g/mol. The van der Waals surface area contributed by atoms with Crippen LogP contribution in [0, 0.1) is 35.0 Å². The Kier molecular flexibility index (Phi) is 2.68. The van der Waals surface area contributed by atoms with Crippen molar-refractivity contribution in [3.05, 3.63) is 12.2 Å². The van der Waals surface area contributed by atoms with Crippen LogP contribution in [0.2, 0.25) is 0 Å². The maximum atomic E-state index is 8.55. The predicted octanol–water partition coefficient (Wildman–Crippen LogP) is 2.28. The van der Waals surface area contributed by atoms with E-state index in [4.69, 9.17) is 17.5 Å². The molecule has 1 heterocycles. The van der Waals surface area contributed by atoms with E-state index in [1.54, 1.807) is 0 Å². The van der Waals surface area contributed by atoms with E-state index in [0.29, 0.717) is 5.75 Å². The molecule has 1 saturated carbocycles. The van der Waals surface area contributed by atoms with Crippen LogP contribution < -0.4 is 0 Å². The molecule has 3 rings (SSSR count). The topological polar surface area (TPSA) is 27.0 Å². The van der Waals surface area contributed by atoms with Gasteiger partial charge < -0.3 is 4.90 Å². The Morgan fingerprint density at radius 3 is 2.56 bits per heavy atom. The summed E-state index contributed by atoms with van der Waals surface area (Å²) in [6, 6.07) is 2.14. The summed E-state index contributed by atoms with van der Waals surface area (Å²) in [6.45, 7) is 2.24. The summed E-state index contributed by atoms with van der Waals surface area (Å²) < 4.78 is 0.926. The Bertz CT molecular complexity index is 365. The number of likely N-dealkylation sites (tertiary alicyclic amines) is 1. The van der Waals surface area contributed by atoms with Gasteiger partial charge in [0.15, 0.2) is 0 Å². The van der Waals surface area contributed by atoms with E-state index in [2.05, 4.69) is 23.1 Å². The molecule has 0 aromatic carbocycles. The maximum Gasteiger partial charge on any atom is 0.137 e. The molecule has 2 aliphatic carbocycles. The molecule has 84 valence electrons. The molecule has 0 spiro atoms. The first-order valence-electron chi connectivity index (χ1n) is 5.76. The first-order chi connectivity index (χ1) is 7.79. The number of nitriles is 1. The van der Waals surface area contributed by atoms with Gasteiger partial charge in [-0.1, -0.05) is 36.1 Å². The highest BCUT2D eigenvalue weighted by molar-refractivity contribution is 8.23. The normalized spacial score (nSPS) is 38.8. The standard InChI is InChI=1S/C12H14N2S2/c13-3-4-16-12(15)14-6-10-8-1-2-9(5-8)11(10)7-14/h1-2,8-11H,4-7H2. The largest absolute Gasteiger partial charge is 0.357 e. The summed E-state index contributed by atoms with van der Waals surface area (Å²) in [7, 11) is 0. The fourth-order valence-electron chi connectivity index (χ4n) is 3.49. The lowest BCUT2D eigenvalue weighted by atomic mass is 9.86. The van der Waals surface area contributed by atoms with Crippen LogP contribution in [-0.4, -0.2) is 28.1 Å². The van der Waals surface area contributed by atoms with Crippen molar-refractivity contribution in [1.29, 1.82) is 5.26 Å². The van der Waals surface area contributed by atoms with E-state index in [0.717, 1.165) is 41.1 Å². The molecule has 2 bridgehead atoms. The second kappa shape index (κ2) is 4.05. The van der Waals surface area contributed by atoms with E-state index in [1.165, 1.54) is 18.2 Å². The number of nitrogens with zero attached hydrogens (tertiary/aromatic N) is 2. The molecule has 16 heavy (non-hydrogen) atoms. The van der Waals surface area contributed by atoms with Gasteiger partial charge in [0.25, 0.3) is 0 Å². The van der Waals surface area contributed by atoms with Crippen molar-refractivity contribution in [2.24, 2.45) is 23.7 Å². The molecule has 0 aromatic rings. The van der Waals surface area contributed by atoms with Gasteiger partial charge in [-0.3, -0.25) is 0 Å². The Morgan fingerprint density at radius 1 is 1.38 bits per heavy atom. The molecule has 1 saturated heterocycles. The quantitative estimate of drug-likeness (QED) is 0.527. The molecule has 2 nitrogen and oxygen atoms in total. The van der Waals surface area contributed by atoms with Crippen LogP contribution in [0.25, 0.3) is 0 Å². The lowest BCUT2D eigenvalue weighted by molar-refractivity contribution is 0.395. The third kappa shape index (κ3) is 1.57. The predicted molar refractivity (Wildman–Crippen MR) is 70.0 cm³/mol. The van der Waals surface area contributed by atoms with Crippen LogP contribution >= 0.6 is 24.0 Å². The first-order valence-corrected chi connectivity index (χ1v) is 7.16. The number of rotatable bonds is 1. The average Bonchev–Trinajstić information content (AvgIpc) is 2.95. The highest BCUT2D eigenvalue weighted by Crippen LogP contribution is 2.51. The third-order valence-electron chi connectivity index (χ3n) is 4.18. The van der Waals surface area contributed by atoms with Gasteiger partial charge in [0.1, 0.15) is 4.32 Å². The van der Waals surface area contributed by atoms with Crippen molar-refractivity contribution in [2.45, 2.75) is 6.42 Å². The molecular formula is C12H14N2S2. The van der Waals surface area contributed by atoms with Gasteiger partial charge >= 0.3 is 0 Å². The lowest BCUT2D eigenvalue weighted by Gasteiger charge is -2.19. The summed E-state index contributed by atoms with van der Waals surface area (Å²) in [5.41, 5.74) is 0. The zero-order valence-electron chi connectivity index (χ0n) is 9.00. The van der Waals surface area contributed by atoms with Crippen molar-refractivity contribution >= 4 is 28.3 Å². The Balaban J connectivity index is 1.63. The van der Waals surface area contributed by atoms with E-state index >= 15 is 0 Å². The number of allylic oxidation sites excluding steroid dienone is 2. The maximum absolute atomic E-state index is 8.55. The Hall–Kier alpha value is -0.530. The van der Waals surface area contributed by atoms with Gasteiger partial charge in [-0.2, -0.15) is 5.26 Å². The van der Waals surface area contributed by atoms with Crippen molar-refractivity contribution in [3.63, 3.8) is 0 Å². The highest BCUT2D eigenvalue weighted by Gasteiger charge is 2.49. The molecule has 1 aliphatic heterocycles. The van der Waals surface area contributed by atoms with E-state index < -0.39 is 0 Å². The number of hydrogen-bond acceptors (Lipinski definition) is 3. The fourth-order valence-corrected chi connectivity index (χ4v) is 4.33. The SMILES string of the molecule is N#CCSC(=S)N1CC2C3C=CC(C3)C2C1. The molecule has 4 heteroatoms. The van der Waals surface area contributed by atoms with E-state index in [9.17, 15) is 0 Å². The molecule has 0 N–H and O–H groups in total. The molecule has 0 aromatic heterocycles. The Morgan fingerprint density at radius 2 is 2.00 bits per heavy atom. The lowest BCUT2D eigenvalue weighted by Crippen LogP contribution is -2.26. The molecular weight excluding hydrogens is 236 g/mol. The number of hydrogen-bond donors (Lipinski definition) is 0. The van der Waals surface area contributed by atoms with Crippen LogP contribution in [-0.2, 0) is 0 Å². The van der Waals surface area contributed by atoms with Crippen molar-refractivity contribution in [2.75, 3.05) is 18.8 Å². The fraction of sp³-hybridized carbons (Fsp3) is 0.667. The molecule has 0 amide bonds. The second-order valence-electron chi connectivity index (χ2n) is 4.89. The van der Waals surface area contributed by atoms with Gasteiger partial charge in [-0.05, 0) is 30.1 Å². The van der Waals surface area contributed by atoms with Crippen molar-refractivity contribution < 1.29 is 0 Å². The second-order valence-corrected chi connectivity index (χ2v) is 6.50. The molecule has 4 unspecified atom stereocenters. The van der Waals surface area contributed by atoms with Gasteiger partial charge in [-0.15, -0.1) is 0 Å². The summed E-state index contributed by atoms with van der Waals surface area (Å²) in [6.07, 6.45) is 6.18. The smallest absolute Gasteiger partial charge is 0.137 e. The summed E-state index contributed by atoms with van der Waals surface area (Å²) >= 11 is 6.88. The minimum absolute atomic E-state index is 0.482. The van der Waals surface area contributed by atoms with Gasteiger partial charge in [0, 0.05) is 13.1 Å². The minimum atomic E-state index is 0.482. The van der Waals surface area contributed by atoms with Gasteiger partial charge in [-0.25, -0.2) is 0 Å². The van der Waals surface area contributed by atoms with E-state index in [1.807, 2.05) is 0 Å². The summed E-state index contributed by atoms with van der Waals surface area (Å²) in [5, 5.41) is 8.55. The molecule has 3 aliphatic rings. The van der Waals surface area contributed by atoms with Gasteiger partial charge in [0.2, 0.25) is 0 Å². The third-order valence-corrected chi connectivity index (χ3v) is 5.57. The van der Waals surface area contributed by atoms with Gasteiger partial charge in [0.05, 0.1) is 11.8 Å². The van der Waals surface area contributed by atoms with Crippen LogP contribution in [0.1, 0.15) is 6.42 Å². The van der Waals surface area contributed by atoms with Crippen LogP contribution in [0.3, 0.4) is 0 Å². The first kappa shape index (κ1) is 10.6. The van der Waals surface area contributed by atoms with Crippen LogP contribution in [0.15, 0.2) is 12.2 Å². The zero-order valence-corrected chi connectivity index (χ0v) is 10.6. The zero-order chi connectivity index (χ0) is 11.1. The molecule has 2 fully saturated rings. The molecule has 4 atom stereocenters. The Labute approximate surface area is 106 Å². The number of thioether (sulfide) groups is 1. The van der Waals surface area contributed by atoms with Crippen LogP contribution in [0.5, 0.6) is 0 Å².